The van der Waals surface area contributed by atoms with E-state index < -0.39 is 17.4 Å². The van der Waals surface area contributed by atoms with Crippen LogP contribution in [0.2, 0.25) is 0 Å². The van der Waals surface area contributed by atoms with Gasteiger partial charge in [0.2, 0.25) is 0 Å². The second-order valence-electron chi connectivity index (χ2n) is 3.89. The molecule has 0 saturated carbocycles. The monoisotopic (exact) mass is 263 g/mol. The molecule has 1 aromatic carbocycles. The summed E-state index contributed by atoms with van der Waals surface area (Å²) >= 11 is 0. The van der Waals surface area contributed by atoms with E-state index in [1.54, 1.807) is 18.5 Å². The molecule has 0 radical (unpaired) electrons. The lowest BCUT2D eigenvalue weighted by atomic mass is 10.2. The second-order valence-corrected chi connectivity index (χ2v) is 3.89. The van der Waals surface area contributed by atoms with Crippen molar-refractivity contribution in [3.05, 3.63) is 59.4 Å². The Hall–Kier alpha value is -2.30. The number of carbonyl (C=O) groups excluding carboxylic acids is 1. The van der Waals surface area contributed by atoms with Crippen LogP contribution in [0.3, 0.4) is 0 Å². The summed E-state index contributed by atoms with van der Waals surface area (Å²) in [4.78, 5) is 14.4. The average Bonchev–Trinajstić information content (AvgIpc) is 2.42. The van der Waals surface area contributed by atoms with Crippen molar-refractivity contribution in [1.29, 1.82) is 0 Å². The Kier molecular flexibility index (Phi) is 4.18. The predicted octanol–water partition coefficient (Wildman–Crippen LogP) is 2.79. The molecular weight excluding hydrogens is 252 g/mol. The number of rotatable bonds is 5. The number of benzene rings is 1. The van der Waals surface area contributed by atoms with Gasteiger partial charge in [-0.3, -0.25) is 9.78 Å². The Morgan fingerprint density at radius 3 is 2.58 bits per heavy atom. The summed E-state index contributed by atoms with van der Waals surface area (Å²) < 4.78 is 32.1. The van der Waals surface area contributed by atoms with Gasteiger partial charge in [-0.15, -0.1) is 0 Å². The van der Waals surface area contributed by atoms with Crippen LogP contribution in [-0.4, -0.2) is 17.9 Å². The van der Waals surface area contributed by atoms with Gasteiger partial charge in [0.25, 0.3) is 0 Å². The third-order valence-corrected chi connectivity index (χ3v) is 2.52. The van der Waals surface area contributed by atoms with Crippen LogP contribution in [-0.2, 0) is 6.42 Å². The molecular formula is C14H11F2NO2. The summed E-state index contributed by atoms with van der Waals surface area (Å²) in [5, 5.41) is 0. The molecule has 0 unspecified atom stereocenters. The third kappa shape index (κ3) is 3.34. The minimum atomic E-state index is -0.881. The largest absolute Gasteiger partial charge is 0.487 e. The quantitative estimate of drug-likeness (QED) is 0.779. The fourth-order valence-corrected chi connectivity index (χ4v) is 1.60. The lowest BCUT2D eigenvalue weighted by molar-refractivity contribution is 0.112. The van der Waals surface area contributed by atoms with E-state index in [9.17, 15) is 13.6 Å². The molecule has 0 spiro atoms. The van der Waals surface area contributed by atoms with Crippen molar-refractivity contribution in [1.82, 2.24) is 4.98 Å². The zero-order valence-corrected chi connectivity index (χ0v) is 9.98. The molecule has 0 bridgehead atoms. The highest BCUT2D eigenvalue weighted by atomic mass is 19.1. The molecule has 0 aliphatic carbocycles. The van der Waals surface area contributed by atoms with E-state index in [0.29, 0.717) is 12.7 Å². The average molecular weight is 263 g/mol. The van der Waals surface area contributed by atoms with Gasteiger partial charge in [-0.1, -0.05) is 6.07 Å². The third-order valence-electron chi connectivity index (χ3n) is 2.52. The first-order chi connectivity index (χ1) is 9.20. The SMILES string of the molecule is O=Cc1cc(F)c(OCCc2cccnc2)c(F)c1. The summed E-state index contributed by atoms with van der Waals surface area (Å²) in [5.41, 5.74) is 0.849. The van der Waals surface area contributed by atoms with Crippen molar-refractivity contribution in [3.63, 3.8) is 0 Å². The molecule has 1 aromatic heterocycles. The van der Waals surface area contributed by atoms with Crippen molar-refractivity contribution in [2.24, 2.45) is 0 Å². The van der Waals surface area contributed by atoms with Crippen LogP contribution in [0, 0.1) is 11.6 Å². The van der Waals surface area contributed by atoms with Crippen LogP contribution < -0.4 is 4.74 Å². The first-order valence-electron chi connectivity index (χ1n) is 5.66. The Labute approximate surface area is 108 Å². The lowest BCUT2D eigenvalue weighted by Crippen LogP contribution is -2.05. The molecule has 19 heavy (non-hydrogen) atoms. The number of ether oxygens (including phenoxy) is 1. The minimum Gasteiger partial charge on any atom is -0.487 e. The van der Waals surface area contributed by atoms with E-state index in [2.05, 4.69) is 4.98 Å². The summed E-state index contributed by atoms with van der Waals surface area (Å²) in [6, 6.07) is 5.50. The van der Waals surface area contributed by atoms with E-state index >= 15 is 0 Å². The zero-order chi connectivity index (χ0) is 13.7. The maximum atomic E-state index is 13.5. The number of hydrogen-bond acceptors (Lipinski definition) is 3. The van der Waals surface area contributed by atoms with E-state index in [1.165, 1.54) is 0 Å². The molecule has 0 aliphatic heterocycles. The van der Waals surface area contributed by atoms with Gasteiger partial charge in [0.15, 0.2) is 17.4 Å². The minimum absolute atomic E-state index is 0.0605. The number of hydrogen-bond donors (Lipinski definition) is 0. The molecule has 98 valence electrons. The number of nitrogens with zero attached hydrogens (tertiary/aromatic N) is 1. The van der Waals surface area contributed by atoms with Gasteiger partial charge in [-0.05, 0) is 23.8 Å². The van der Waals surface area contributed by atoms with Gasteiger partial charge in [0.05, 0.1) is 6.61 Å². The lowest BCUT2D eigenvalue weighted by Gasteiger charge is -2.08. The standard InChI is InChI=1S/C14H11F2NO2/c15-12-6-11(9-18)7-13(16)14(12)19-5-3-10-2-1-4-17-8-10/h1-2,4,6-9H,3,5H2. The molecule has 2 rings (SSSR count). The second kappa shape index (κ2) is 6.04. The summed E-state index contributed by atoms with van der Waals surface area (Å²) in [7, 11) is 0. The van der Waals surface area contributed by atoms with Crippen LogP contribution in [0.15, 0.2) is 36.7 Å². The van der Waals surface area contributed by atoms with E-state index in [1.807, 2.05) is 6.07 Å². The molecule has 3 nitrogen and oxygen atoms in total. The van der Waals surface area contributed by atoms with E-state index in [0.717, 1.165) is 17.7 Å². The number of halogens is 2. The van der Waals surface area contributed by atoms with Gasteiger partial charge in [0.1, 0.15) is 6.29 Å². The molecule has 0 atom stereocenters. The van der Waals surface area contributed by atoms with Crippen molar-refractivity contribution in [2.75, 3.05) is 6.61 Å². The Bertz CT molecular complexity index is 550. The molecule has 0 N–H and O–H groups in total. The predicted molar refractivity (Wildman–Crippen MR) is 65.2 cm³/mol. The smallest absolute Gasteiger partial charge is 0.190 e. The Morgan fingerprint density at radius 2 is 2.00 bits per heavy atom. The highest BCUT2D eigenvalue weighted by Crippen LogP contribution is 2.22. The summed E-state index contributed by atoms with van der Waals surface area (Å²) in [6.45, 7) is 0.125. The number of aromatic nitrogens is 1. The van der Waals surface area contributed by atoms with Gasteiger partial charge < -0.3 is 4.74 Å². The van der Waals surface area contributed by atoms with Gasteiger partial charge in [-0.2, -0.15) is 0 Å². The van der Waals surface area contributed by atoms with Crippen LogP contribution in [0.4, 0.5) is 8.78 Å². The molecule has 1 heterocycles. The fraction of sp³-hybridized carbons (Fsp3) is 0.143. The van der Waals surface area contributed by atoms with Crippen LogP contribution >= 0.6 is 0 Å². The first kappa shape index (κ1) is 13.1. The van der Waals surface area contributed by atoms with Crippen molar-refractivity contribution >= 4 is 6.29 Å². The van der Waals surface area contributed by atoms with E-state index in [4.69, 9.17) is 4.74 Å². The van der Waals surface area contributed by atoms with E-state index in [-0.39, 0.29) is 12.2 Å². The normalized spacial score (nSPS) is 10.2. The summed E-state index contributed by atoms with van der Waals surface area (Å²) in [5.74, 6) is -2.23. The zero-order valence-electron chi connectivity index (χ0n) is 9.98. The summed E-state index contributed by atoms with van der Waals surface area (Å²) in [6.07, 6.45) is 4.17. The molecule has 5 heteroatoms. The van der Waals surface area contributed by atoms with Crippen molar-refractivity contribution in [2.45, 2.75) is 6.42 Å². The number of pyridine rings is 1. The molecule has 2 aromatic rings. The topological polar surface area (TPSA) is 39.2 Å². The number of aldehydes is 1. The molecule has 0 fully saturated rings. The molecule has 0 amide bonds. The Balaban J connectivity index is 2.02. The van der Waals surface area contributed by atoms with Gasteiger partial charge in [-0.25, -0.2) is 8.78 Å². The molecule has 0 saturated heterocycles. The maximum Gasteiger partial charge on any atom is 0.190 e. The number of carbonyl (C=O) groups is 1. The fourth-order valence-electron chi connectivity index (χ4n) is 1.60. The first-order valence-corrected chi connectivity index (χ1v) is 5.66. The Morgan fingerprint density at radius 1 is 1.26 bits per heavy atom. The highest BCUT2D eigenvalue weighted by molar-refractivity contribution is 5.75. The van der Waals surface area contributed by atoms with Crippen molar-refractivity contribution < 1.29 is 18.3 Å². The highest BCUT2D eigenvalue weighted by Gasteiger charge is 2.12. The van der Waals surface area contributed by atoms with Crippen LogP contribution in [0.5, 0.6) is 5.75 Å². The van der Waals surface area contributed by atoms with Crippen LogP contribution in [0.1, 0.15) is 15.9 Å². The maximum absolute atomic E-state index is 13.5. The van der Waals surface area contributed by atoms with Gasteiger partial charge >= 0.3 is 0 Å². The van der Waals surface area contributed by atoms with Gasteiger partial charge in [0, 0.05) is 24.4 Å². The van der Waals surface area contributed by atoms with Crippen molar-refractivity contribution in [3.8, 4) is 5.75 Å². The van der Waals surface area contributed by atoms with Crippen LogP contribution in [0.25, 0.3) is 0 Å². The molecule has 0 aliphatic rings.